The Morgan fingerprint density at radius 1 is 0.611 bits per heavy atom. The maximum Gasteiger partial charge on any atom is 1.00 e. The molecule has 0 bridgehead atoms. The van der Waals surface area contributed by atoms with Gasteiger partial charge in [0.05, 0.1) is 20.4 Å². The Hall–Kier alpha value is -0.920. The molecule has 5 rings (SSSR count). The smallest absolute Gasteiger partial charge is 0.871 e. The largest absolute Gasteiger partial charge is 1.00 e. The van der Waals surface area contributed by atoms with Crippen molar-refractivity contribution in [3.63, 3.8) is 0 Å². The molecule has 1 aromatic heterocycles. The summed E-state index contributed by atoms with van der Waals surface area (Å²) in [7, 11) is -20.5. The number of hydrogen-bond donors (Lipinski definition) is 3. The molecule has 20 nitrogen and oxygen atoms in total. The van der Waals surface area contributed by atoms with Gasteiger partial charge in [-0.2, -0.15) is 23.4 Å². The maximum atomic E-state index is 13.3. The average Bonchev–Trinajstić information content (AvgIpc) is 2.98. The van der Waals surface area contributed by atoms with Crippen molar-refractivity contribution < 1.29 is 175 Å². The molecule has 3 N–H and O–H groups in total. The Bertz CT molecular complexity index is 2700. The molecular formula is C25H14ClN7Na4O13S4. The third kappa shape index (κ3) is 12.8. The van der Waals surface area contributed by atoms with E-state index >= 15 is 0 Å². The second-order valence-corrected chi connectivity index (χ2v) is 15.5. The predicted molar refractivity (Wildman–Crippen MR) is 166 cm³/mol. The minimum absolute atomic E-state index is 0. The van der Waals surface area contributed by atoms with Crippen LogP contribution < -0.4 is 134 Å². The summed E-state index contributed by atoms with van der Waals surface area (Å²) in [5.74, 6) is -1.49. The van der Waals surface area contributed by atoms with Gasteiger partial charge in [0.15, 0.2) is 0 Å². The molecule has 0 aliphatic rings. The van der Waals surface area contributed by atoms with Gasteiger partial charge in [0, 0.05) is 11.4 Å². The summed E-state index contributed by atoms with van der Waals surface area (Å²) < 4.78 is 137. The number of anilines is 4. The number of halogens is 1. The van der Waals surface area contributed by atoms with Crippen molar-refractivity contribution in [2.24, 2.45) is 10.2 Å². The van der Waals surface area contributed by atoms with Gasteiger partial charge in [-0.15, -0.1) is 10.2 Å². The average molecular weight is 876 g/mol. The quantitative estimate of drug-likeness (QED) is 0.0666. The van der Waals surface area contributed by atoms with E-state index in [0.29, 0.717) is 18.2 Å². The van der Waals surface area contributed by atoms with Crippen molar-refractivity contribution in [1.82, 2.24) is 15.0 Å². The first kappa shape index (κ1) is 51.1. The van der Waals surface area contributed by atoms with Crippen molar-refractivity contribution in [2.45, 2.75) is 19.6 Å². The number of fused-ring (bicyclic) bond motifs is 1. The van der Waals surface area contributed by atoms with Gasteiger partial charge in [-0.25, -0.2) is 25.3 Å². The van der Waals surface area contributed by atoms with Crippen LogP contribution >= 0.6 is 11.6 Å². The van der Waals surface area contributed by atoms with Crippen LogP contribution in [0.5, 0.6) is 5.75 Å². The number of nitrogens with one attached hydrogen (secondary N) is 2. The summed E-state index contributed by atoms with van der Waals surface area (Å²) in [5.41, 5.74) is -1.69. The van der Waals surface area contributed by atoms with Gasteiger partial charge >= 0.3 is 118 Å². The summed E-state index contributed by atoms with van der Waals surface area (Å²) in [5, 5.41) is 25.0. The summed E-state index contributed by atoms with van der Waals surface area (Å²) in [6, 6.07) is 10.5. The second kappa shape index (κ2) is 19.7. The Morgan fingerprint density at radius 3 is 1.65 bits per heavy atom. The first-order chi connectivity index (χ1) is 23.1. The molecule has 0 atom stereocenters. The molecule has 5 aromatic rings. The molecule has 0 fully saturated rings. The zero-order chi connectivity index (χ0) is 36.8. The minimum Gasteiger partial charge on any atom is -0.871 e. The Kier molecular flexibility index (Phi) is 18.6. The molecule has 54 heavy (non-hydrogen) atoms. The monoisotopic (exact) mass is 875 g/mol. The van der Waals surface area contributed by atoms with Gasteiger partial charge in [0.2, 0.25) is 17.2 Å². The first-order valence-corrected chi connectivity index (χ1v) is 18.9. The maximum absolute atomic E-state index is 13.3. The molecule has 0 unspecified atom stereocenters. The first-order valence-electron chi connectivity index (χ1n) is 12.8. The van der Waals surface area contributed by atoms with Crippen LogP contribution in [0.3, 0.4) is 0 Å². The van der Waals surface area contributed by atoms with Crippen LogP contribution in [0.15, 0.2) is 96.5 Å². The summed E-state index contributed by atoms with van der Waals surface area (Å²) >= 11 is 6.00. The zero-order valence-electron chi connectivity index (χ0n) is 27.9. The van der Waals surface area contributed by atoms with Crippen molar-refractivity contribution in [1.29, 1.82) is 0 Å². The van der Waals surface area contributed by atoms with E-state index in [0.717, 1.165) is 18.2 Å². The summed E-state index contributed by atoms with van der Waals surface area (Å²) in [6.07, 6.45) is 0. The van der Waals surface area contributed by atoms with Gasteiger partial charge in [-0.3, -0.25) is 4.55 Å². The molecule has 4 aromatic carbocycles. The Morgan fingerprint density at radius 2 is 1.13 bits per heavy atom. The molecule has 0 spiro atoms. The standard InChI is InChI=1S/C25H18ClN7O13S4.4Na/c26-23-29-24(27-13-1-4-15(5-2-13)47(35,36)37)31-25(30-23)28-14-3-7-17-12(9-14)10-20(50(44,45)46)21(22(17)34)33-32-18-11-16(48(38,39)40)6-8-19(18)49(41,42)43;;;;/h1-11,34H,(H,35,36,37)(H,38,39,40)(H,41,42,43)(H,44,45,46)(H2,27,28,29,30,31);;;;/q;4*+1/p-4. The molecule has 0 radical (unpaired) electrons. The van der Waals surface area contributed by atoms with Crippen molar-refractivity contribution in [3.05, 3.63) is 72.0 Å². The summed E-state index contributed by atoms with van der Waals surface area (Å²) in [4.78, 5) is 8.12. The molecule has 0 saturated carbocycles. The van der Waals surface area contributed by atoms with Gasteiger partial charge in [-0.1, -0.05) is 11.8 Å². The number of nitrogens with zero attached hydrogens (tertiary/aromatic N) is 5. The van der Waals surface area contributed by atoms with E-state index < -0.39 is 77.2 Å². The van der Waals surface area contributed by atoms with E-state index in [-0.39, 0.29) is 158 Å². The fourth-order valence-electron chi connectivity index (χ4n) is 4.18. The number of aromatic nitrogens is 3. The molecular weight excluding hydrogens is 862 g/mol. The predicted octanol–water partition coefficient (Wildman–Crippen LogP) is -9.37. The number of benzene rings is 4. The third-order valence-electron chi connectivity index (χ3n) is 6.32. The van der Waals surface area contributed by atoms with Crippen molar-refractivity contribution in [2.75, 3.05) is 10.6 Å². The normalized spacial score (nSPS) is 11.8. The number of azo groups is 1. The Balaban J connectivity index is 0.00000364. The number of hydrogen-bond acceptors (Lipinski definition) is 19. The van der Waals surface area contributed by atoms with Crippen LogP contribution in [0, 0.1) is 0 Å². The fourth-order valence-corrected chi connectivity index (χ4v) is 6.54. The van der Waals surface area contributed by atoms with Crippen LogP contribution in [-0.2, 0) is 40.5 Å². The van der Waals surface area contributed by atoms with Crippen LogP contribution in [0.2, 0.25) is 5.28 Å². The molecule has 29 heteroatoms. The summed E-state index contributed by atoms with van der Waals surface area (Å²) in [6.45, 7) is 0. The minimum atomic E-state index is -5.35. The van der Waals surface area contributed by atoms with Gasteiger partial charge in [0.25, 0.3) is 10.1 Å². The molecule has 1 heterocycles. The molecule has 0 aliphatic carbocycles. The van der Waals surface area contributed by atoms with Crippen molar-refractivity contribution >= 4 is 97.5 Å². The molecule has 0 aliphatic heterocycles. The van der Waals surface area contributed by atoms with Crippen LogP contribution in [0.4, 0.5) is 34.6 Å². The SMILES string of the molecule is O=S(=O)([O-])c1ccc(Nc2nc(Cl)nc(Nc3ccc4c([O-])c(N=Nc5cc(S(=O)(=O)[O-])ccc5S(=O)(=O)[O-])c(S(=O)(=O)O)cc4c3)n2)cc1.[Na+].[Na+].[Na+].[Na+]. The number of rotatable bonds is 10. The Labute approximate surface area is 400 Å². The molecule has 0 saturated heterocycles. The van der Waals surface area contributed by atoms with E-state index in [1.54, 1.807) is 0 Å². The van der Waals surface area contributed by atoms with Crippen LogP contribution in [0.1, 0.15) is 0 Å². The van der Waals surface area contributed by atoms with Gasteiger partial charge < -0.3 is 29.4 Å². The third-order valence-corrected chi connectivity index (χ3v) is 9.92. The van der Waals surface area contributed by atoms with E-state index in [1.807, 2.05) is 0 Å². The zero-order valence-corrected chi connectivity index (χ0v) is 40.0. The van der Waals surface area contributed by atoms with Gasteiger partial charge in [0.1, 0.15) is 40.9 Å². The van der Waals surface area contributed by atoms with Crippen LogP contribution in [0.25, 0.3) is 10.8 Å². The fraction of sp³-hybridized carbons (Fsp3) is 0. The van der Waals surface area contributed by atoms with Crippen LogP contribution in [-0.4, -0.2) is 66.8 Å². The van der Waals surface area contributed by atoms with Crippen molar-refractivity contribution in [3.8, 4) is 5.75 Å². The molecule has 0 amide bonds. The molecule has 262 valence electrons. The van der Waals surface area contributed by atoms with E-state index in [1.165, 1.54) is 30.3 Å². The van der Waals surface area contributed by atoms with E-state index in [4.69, 9.17) is 11.6 Å². The van der Waals surface area contributed by atoms with Gasteiger partial charge in [-0.05, 0) is 83.0 Å². The van der Waals surface area contributed by atoms with E-state index in [2.05, 4.69) is 35.8 Å². The topological polar surface area (TPSA) is 336 Å². The second-order valence-electron chi connectivity index (χ2n) is 9.68. The van der Waals surface area contributed by atoms with E-state index in [9.17, 15) is 57.0 Å².